The van der Waals surface area contributed by atoms with Crippen LogP contribution in [0.3, 0.4) is 0 Å². The molecule has 0 heterocycles. The highest BCUT2D eigenvalue weighted by Crippen LogP contribution is 2.31. The van der Waals surface area contributed by atoms with Crippen LogP contribution in [0.25, 0.3) is 0 Å². The molecule has 0 aliphatic carbocycles. The number of carbonyl (C=O) groups is 2. The summed E-state index contributed by atoms with van der Waals surface area (Å²) < 4.78 is 0.673. The van der Waals surface area contributed by atoms with E-state index in [-0.39, 0.29) is 10.6 Å². The Morgan fingerprint density at radius 1 is 1.50 bits per heavy atom. The first-order valence-corrected chi connectivity index (χ1v) is 5.67. The lowest BCUT2D eigenvalue weighted by Gasteiger charge is -2.09. The third kappa shape index (κ3) is 2.30. The van der Waals surface area contributed by atoms with Gasteiger partial charge in [-0.05, 0) is 28.4 Å². The van der Waals surface area contributed by atoms with Gasteiger partial charge in [0, 0.05) is 10.0 Å². The quantitative estimate of drug-likeness (QED) is 0.633. The molecule has 1 unspecified atom stereocenters. The van der Waals surface area contributed by atoms with Crippen LogP contribution in [0.1, 0.15) is 27.7 Å². The zero-order valence-electron chi connectivity index (χ0n) is 7.46. The molecular weight excluding hydrogens is 312 g/mol. The van der Waals surface area contributed by atoms with E-state index < -0.39 is 0 Å². The van der Waals surface area contributed by atoms with Gasteiger partial charge in [-0.2, -0.15) is 0 Å². The molecule has 0 bridgehead atoms. The molecule has 1 aromatic carbocycles. The Bertz CT molecular complexity index is 374. The number of Topliss-reactive ketones (excluding diaryl/α,β-unsaturated/α-hetero) is 1. The van der Waals surface area contributed by atoms with E-state index in [1.165, 1.54) is 6.92 Å². The molecule has 0 aliphatic rings. The zero-order valence-corrected chi connectivity index (χ0v) is 10.6. The third-order valence-corrected chi connectivity index (χ3v) is 3.87. The fourth-order valence-electron chi connectivity index (χ4n) is 1.07. The van der Waals surface area contributed by atoms with Gasteiger partial charge in [0.2, 0.25) is 0 Å². The topological polar surface area (TPSA) is 34.1 Å². The fraction of sp³-hybridized carbons (Fsp3) is 0.200. The van der Waals surface area contributed by atoms with Crippen LogP contribution < -0.4 is 0 Å². The second kappa shape index (κ2) is 4.84. The number of hydrogen-bond donors (Lipinski definition) is 0. The van der Waals surface area contributed by atoms with E-state index in [4.69, 9.17) is 0 Å². The predicted octanol–water partition coefficient (Wildman–Crippen LogP) is 3.29. The maximum atomic E-state index is 11.1. The van der Waals surface area contributed by atoms with Crippen LogP contribution in [0.5, 0.6) is 0 Å². The summed E-state index contributed by atoms with van der Waals surface area (Å²) in [5.41, 5.74) is 1.33. The molecule has 0 aliphatic heterocycles. The van der Waals surface area contributed by atoms with Crippen molar-refractivity contribution in [2.75, 3.05) is 0 Å². The smallest absolute Gasteiger partial charge is 0.151 e. The molecule has 0 spiro atoms. The van der Waals surface area contributed by atoms with Gasteiger partial charge in [-0.15, -0.1) is 0 Å². The van der Waals surface area contributed by atoms with Gasteiger partial charge >= 0.3 is 0 Å². The number of ketones is 1. The van der Waals surface area contributed by atoms with Crippen molar-refractivity contribution in [1.29, 1.82) is 0 Å². The van der Waals surface area contributed by atoms with Crippen molar-refractivity contribution >= 4 is 43.9 Å². The number of alkyl halides is 1. The number of halogens is 2. The van der Waals surface area contributed by atoms with Gasteiger partial charge in [0.15, 0.2) is 6.29 Å². The first-order chi connectivity index (χ1) is 6.57. The minimum absolute atomic E-state index is 0.00810. The van der Waals surface area contributed by atoms with E-state index in [0.717, 1.165) is 11.8 Å². The highest BCUT2D eigenvalue weighted by Gasteiger charge is 2.16. The molecule has 14 heavy (non-hydrogen) atoms. The Kier molecular flexibility index (Phi) is 4.01. The molecule has 4 heteroatoms. The van der Waals surface area contributed by atoms with Crippen molar-refractivity contribution in [3.05, 3.63) is 33.8 Å². The lowest BCUT2D eigenvalue weighted by molar-refractivity contribution is -0.116. The number of hydrogen-bond acceptors (Lipinski definition) is 2. The van der Waals surface area contributed by atoms with E-state index in [1.807, 2.05) is 0 Å². The molecular formula is C10H8Br2O2. The fourth-order valence-corrected chi connectivity index (χ4v) is 2.35. The van der Waals surface area contributed by atoms with E-state index in [0.29, 0.717) is 10.0 Å². The SMILES string of the molecule is CC(=O)C(Br)c1cccc(C=O)c1Br. The molecule has 0 fully saturated rings. The maximum absolute atomic E-state index is 11.1. The van der Waals surface area contributed by atoms with E-state index >= 15 is 0 Å². The van der Waals surface area contributed by atoms with Crippen LogP contribution in [0.4, 0.5) is 0 Å². The van der Waals surface area contributed by atoms with E-state index in [1.54, 1.807) is 18.2 Å². The molecule has 0 aromatic heterocycles. The van der Waals surface area contributed by atoms with Crippen LogP contribution in [-0.2, 0) is 4.79 Å². The Hall–Kier alpha value is -0.480. The van der Waals surface area contributed by atoms with Crippen LogP contribution in [0.2, 0.25) is 0 Å². The lowest BCUT2D eigenvalue weighted by Crippen LogP contribution is -2.03. The summed E-state index contributed by atoms with van der Waals surface area (Å²) in [6, 6.07) is 5.25. The summed E-state index contributed by atoms with van der Waals surface area (Å²) in [5, 5.41) is 0. The van der Waals surface area contributed by atoms with Gasteiger partial charge in [-0.25, -0.2) is 0 Å². The van der Waals surface area contributed by atoms with Gasteiger partial charge in [-0.1, -0.05) is 34.1 Å². The normalized spacial score (nSPS) is 12.2. The highest BCUT2D eigenvalue weighted by atomic mass is 79.9. The second-order valence-electron chi connectivity index (χ2n) is 2.84. The van der Waals surface area contributed by atoms with Gasteiger partial charge in [0.25, 0.3) is 0 Å². The minimum atomic E-state index is -0.364. The predicted molar refractivity (Wildman–Crippen MR) is 61.9 cm³/mol. The number of carbonyl (C=O) groups excluding carboxylic acids is 2. The van der Waals surface area contributed by atoms with Crippen molar-refractivity contribution in [1.82, 2.24) is 0 Å². The summed E-state index contributed by atoms with van der Waals surface area (Å²) in [7, 11) is 0. The van der Waals surface area contributed by atoms with Crippen molar-refractivity contribution in [2.24, 2.45) is 0 Å². The van der Waals surface area contributed by atoms with E-state index in [9.17, 15) is 9.59 Å². The van der Waals surface area contributed by atoms with Crippen molar-refractivity contribution < 1.29 is 9.59 Å². The molecule has 1 atom stereocenters. The molecule has 0 radical (unpaired) electrons. The minimum Gasteiger partial charge on any atom is -0.298 e. The number of rotatable bonds is 3. The molecule has 0 saturated carbocycles. The summed E-state index contributed by atoms with van der Waals surface area (Å²) in [4.78, 5) is 21.4. The van der Waals surface area contributed by atoms with Crippen molar-refractivity contribution in [2.45, 2.75) is 11.8 Å². The number of benzene rings is 1. The maximum Gasteiger partial charge on any atom is 0.151 e. The largest absolute Gasteiger partial charge is 0.298 e. The van der Waals surface area contributed by atoms with Crippen LogP contribution >= 0.6 is 31.9 Å². The summed E-state index contributed by atoms with van der Waals surface area (Å²) in [5.74, 6) is 0.00810. The summed E-state index contributed by atoms with van der Waals surface area (Å²) in [6.45, 7) is 1.50. The van der Waals surface area contributed by atoms with Crippen molar-refractivity contribution in [3.63, 3.8) is 0 Å². The molecule has 0 N–H and O–H groups in total. The van der Waals surface area contributed by atoms with Crippen LogP contribution in [0.15, 0.2) is 22.7 Å². The average Bonchev–Trinajstić information content (AvgIpc) is 2.17. The summed E-state index contributed by atoms with van der Waals surface area (Å²) >= 11 is 6.57. The standard InChI is InChI=1S/C10H8Br2O2/c1-6(14)9(11)8-4-2-3-7(5-13)10(8)12/h2-5,9H,1H3. The molecule has 2 nitrogen and oxygen atoms in total. The van der Waals surface area contributed by atoms with Crippen LogP contribution in [-0.4, -0.2) is 12.1 Å². The first-order valence-electron chi connectivity index (χ1n) is 3.96. The Balaban J connectivity index is 3.21. The summed E-state index contributed by atoms with van der Waals surface area (Å²) in [6.07, 6.45) is 0.757. The third-order valence-electron chi connectivity index (χ3n) is 1.82. The van der Waals surface area contributed by atoms with Gasteiger partial charge in [0.1, 0.15) is 5.78 Å². The lowest BCUT2D eigenvalue weighted by atomic mass is 10.1. The Morgan fingerprint density at radius 3 is 2.64 bits per heavy atom. The highest BCUT2D eigenvalue weighted by molar-refractivity contribution is 9.11. The zero-order chi connectivity index (χ0) is 10.7. The van der Waals surface area contributed by atoms with E-state index in [2.05, 4.69) is 31.9 Å². The number of aldehydes is 1. The molecule has 1 rings (SSSR count). The molecule has 74 valence electrons. The Labute approximate surface area is 98.9 Å². The van der Waals surface area contributed by atoms with Crippen molar-refractivity contribution in [3.8, 4) is 0 Å². The molecule has 1 aromatic rings. The van der Waals surface area contributed by atoms with Crippen LogP contribution in [0, 0.1) is 0 Å². The van der Waals surface area contributed by atoms with Gasteiger partial charge in [0.05, 0.1) is 4.83 Å². The first kappa shape index (κ1) is 11.6. The van der Waals surface area contributed by atoms with Gasteiger partial charge in [-0.3, -0.25) is 9.59 Å². The molecule has 0 amide bonds. The second-order valence-corrected chi connectivity index (χ2v) is 4.55. The molecule has 0 saturated heterocycles. The Morgan fingerprint density at radius 2 is 2.14 bits per heavy atom. The van der Waals surface area contributed by atoms with Gasteiger partial charge < -0.3 is 0 Å². The monoisotopic (exact) mass is 318 g/mol. The average molecular weight is 320 g/mol.